The molecular formula is C14H19NO3. The Labute approximate surface area is 107 Å². The second-order valence-electron chi connectivity index (χ2n) is 4.27. The van der Waals surface area contributed by atoms with Crippen LogP contribution in [0.25, 0.3) is 0 Å². The van der Waals surface area contributed by atoms with Gasteiger partial charge in [-0.05, 0) is 12.0 Å². The van der Waals surface area contributed by atoms with Gasteiger partial charge < -0.3 is 10.4 Å². The van der Waals surface area contributed by atoms with Gasteiger partial charge >= 0.3 is 6.09 Å². The highest BCUT2D eigenvalue weighted by atomic mass is 16.4. The third-order valence-corrected chi connectivity index (χ3v) is 2.75. The molecule has 2 N–H and O–H groups in total. The average molecular weight is 249 g/mol. The molecule has 0 aromatic heterocycles. The SMILES string of the molecule is CCCCC(NC(=O)O)C(=O)Cc1ccccc1. The van der Waals surface area contributed by atoms with Crippen molar-refractivity contribution in [2.75, 3.05) is 0 Å². The number of nitrogens with one attached hydrogen (secondary N) is 1. The first kappa shape index (κ1) is 14.2. The Kier molecular flexibility index (Phi) is 5.91. The second-order valence-corrected chi connectivity index (χ2v) is 4.27. The molecule has 0 heterocycles. The summed E-state index contributed by atoms with van der Waals surface area (Å²) in [6.07, 6.45) is 1.48. The molecule has 1 atom stereocenters. The van der Waals surface area contributed by atoms with Gasteiger partial charge in [-0.25, -0.2) is 4.79 Å². The maximum absolute atomic E-state index is 12.0. The maximum atomic E-state index is 12.0. The maximum Gasteiger partial charge on any atom is 0.405 e. The van der Waals surface area contributed by atoms with Crippen molar-refractivity contribution in [2.45, 2.75) is 38.6 Å². The molecule has 1 aromatic rings. The van der Waals surface area contributed by atoms with Gasteiger partial charge in [-0.2, -0.15) is 0 Å². The fourth-order valence-electron chi connectivity index (χ4n) is 1.79. The molecule has 0 fully saturated rings. The minimum Gasteiger partial charge on any atom is -0.465 e. The molecule has 0 saturated carbocycles. The molecule has 0 radical (unpaired) electrons. The van der Waals surface area contributed by atoms with Crippen molar-refractivity contribution in [2.24, 2.45) is 0 Å². The predicted octanol–water partition coefficient (Wildman–Crippen LogP) is 2.62. The van der Waals surface area contributed by atoms with E-state index in [4.69, 9.17) is 5.11 Å². The molecule has 98 valence electrons. The summed E-state index contributed by atoms with van der Waals surface area (Å²) < 4.78 is 0. The summed E-state index contributed by atoms with van der Waals surface area (Å²) in [6.45, 7) is 2.01. The zero-order chi connectivity index (χ0) is 13.4. The number of carboxylic acid groups (broad SMARTS) is 1. The van der Waals surface area contributed by atoms with Crippen LogP contribution >= 0.6 is 0 Å². The third kappa shape index (κ3) is 4.99. The molecule has 18 heavy (non-hydrogen) atoms. The highest BCUT2D eigenvalue weighted by Gasteiger charge is 2.19. The molecule has 0 saturated heterocycles. The molecule has 0 bridgehead atoms. The first-order chi connectivity index (χ1) is 8.63. The van der Waals surface area contributed by atoms with E-state index in [0.717, 1.165) is 18.4 Å². The van der Waals surface area contributed by atoms with Crippen molar-refractivity contribution in [3.63, 3.8) is 0 Å². The molecule has 0 aliphatic rings. The predicted molar refractivity (Wildman–Crippen MR) is 69.6 cm³/mol. The first-order valence-electron chi connectivity index (χ1n) is 6.19. The molecule has 4 heteroatoms. The van der Waals surface area contributed by atoms with Crippen molar-refractivity contribution in [3.8, 4) is 0 Å². The number of carbonyl (C=O) groups is 2. The van der Waals surface area contributed by atoms with Crippen LogP contribution in [0.4, 0.5) is 4.79 Å². The summed E-state index contributed by atoms with van der Waals surface area (Å²) in [4.78, 5) is 22.7. The summed E-state index contributed by atoms with van der Waals surface area (Å²) >= 11 is 0. The zero-order valence-corrected chi connectivity index (χ0v) is 10.6. The number of benzene rings is 1. The van der Waals surface area contributed by atoms with E-state index in [0.29, 0.717) is 6.42 Å². The highest BCUT2D eigenvalue weighted by Crippen LogP contribution is 2.07. The van der Waals surface area contributed by atoms with Crippen LogP contribution in [-0.4, -0.2) is 23.0 Å². The summed E-state index contributed by atoms with van der Waals surface area (Å²) in [7, 11) is 0. The van der Waals surface area contributed by atoms with Crippen molar-refractivity contribution in [1.29, 1.82) is 0 Å². The largest absolute Gasteiger partial charge is 0.465 e. The van der Waals surface area contributed by atoms with Crippen LogP contribution in [-0.2, 0) is 11.2 Å². The van der Waals surface area contributed by atoms with Crippen LogP contribution in [0.2, 0.25) is 0 Å². The van der Waals surface area contributed by atoms with Crippen molar-refractivity contribution in [1.82, 2.24) is 5.32 Å². The Morgan fingerprint density at radius 3 is 2.50 bits per heavy atom. The molecule has 1 rings (SSSR count). The molecule has 1 amide bonds. The van der Waals surface area contributed by atoms with Gasteiger partial charge in [0, 0.05) is 6.42 Å². The van der Waals surface area contributed by atoms with Gasteiger partial charge in [0.25, 0.3) is 0 Å². The van der Waals surface area contributed by atoms with Gasteiger partial charge in [0.2, 0.25) is 0 Å². The molecule has 4 nitrogen and oxygen atoms in total. The van der Waals surface area contributed by atoms with Gasteiger partial charge in [-0.3, -0.25) is 4.79 Å². The number of amides is 1. The van der Waals surface area contributed by atoms with Gasteiger partial charge in [0.1, 0.15) is 0 Å². The lowest BCUT2D eigenvalue weighted by Crippen LogP contribution is -2.40. The first-order valence-corrected chi connectivity index (χ1v) is 6.19. The van der Waals surface area contributed by atoms with E-state index in [1.54, 1.807) is 0 Å². The lowest BCUT2D eigenvalue weighted by molar-refractivity contribution is -0.120. The Bertz CT molecular complexity index is 389. The number of rotatable bonds is 7. The van der Waals surface area contributed by atoms with Gasteiger partial charge in [0.15, 0.2) is 5.78 Å². The van der Waals surface area contributed by atoms with Crippen LogP contribution < -0.4 is 5.32 Å². The second kappa shape index (κ2) is 7.48. The van der Waals surface area contributed by atoms with Crippen LogP contribution in [0, 0.1) is 0 Å². The topological polar surface area (TPSA) is 66.4 Å². The van der Waals surface area contributed by atoms with E-state index >= 15 is 0 Å². The number of hydrogen-bond acceptors (Lipinski definition) is 2. The summed E-state index contributed by atoms with van der Waals surface area (Å²) in [5.41, 5.74) is 0.913. The lowest BCUT2D eigenvalue weighted by Gasteiger charge is -2.15. The molecular weight excluding hydrogens is 230 g/mol. The highest BCUT2D eigenvalue weighted by molar-refractivity contribution is 5.88. The average Bonchev–Trinajstić information content (AvgIpc) is 2.35. The Morgan fingerprint density at radius 1 is 1.28 bits per heavy atom. The molecule has 1 unspecified atom stereocenters. The summed E-state index contributed by atoms with van der Waals surface area (Å²) in [6, 6.07) is 8.77. The van der Waals surface area contributed by atoms with Crippen molar-refractivity contribution in [3.05, 3.63) is 35.9 Å². The van der Waals surface area contributed by atoms with E-state index in [2.05, 4.69) is 5.32 Å². The number of unbranched alkanes of at least 4 members (excludes halogenated alkanes) is 1. The van der Waals surface area contributed by atoms with Crippen LogP contribution in [0.15, 0.2) is 30.3 Å². The monoisotopic (exact) mass is 249 g/mol. The van der Waals surface area contributed by atoms with E-state index in [9.17, 15) is 9.59 Å². The Morgan fingerprint density at radius 2 is 1.94 bits per heavy atom. The number of carbonyl (C=O) groups excluding carboxylic acids is 1. The quantitative estimate of drug-likeness (QED) is 0.780. The molecule has 0 aliphatic heterocycles. The number of hydrogen-bond donors (Lipinski definition) is 2. The van der Waals surface area contributed by atoms with Crippen LogP contribution in [0.1, 0.15) is 31.7 Å². The Balaban J connectivity index is 2.60. The minimum atomic E-state index is -1.14. The standard InChI is InChI=1S/C14H19NO3/c1-2-3-9-12(15-14(17)18)13(16)10-11-7-5-4-6-8-11/h4-8,12,15H,2-3,9-10H2,1H3,(H,17,18). The fraction of sp³-hybridized carbons (Fsp3) is 0.429. The minimum absolute atomic E-state index is 0.0722. The van der Waals surface area contributed by atoms with E-state index in [1.807, 2.05) is 37.3 Å². The number of Topliss-reactive ketones (excluding diaryl/α,β-unsaturated/α-hetero) is 1. The van der Waals surface area contributed by atoms with Gasteiger partial charge in [-0.15, -0.1) is 0 Å². The van der Waals surface area contributed by atoms with E-state index < -0.39 is 12.1 Å². The zero-order valence-electron chi connectivity index (χ0n) is 10.6. The molecule has 0 spiro atoms. The van der Waals surface area contributed by atoms with E-state index in [-0.39, 0.29) is 12.2 Å². The fourth-order valence-corrected chi connectivity index (χ4v) is 1.79. The number of ketones is 1. The van der Waals surface area contributed by atoms with Crippen LogP contribution in [0.5, 0.6) is 0 Å². The summed E-state index contributed by atoms with van der Waals surface area (Å²) in [5.74, 6) is -0.0722. The van der Waals surface area contributed by atoms with Gasteiger partial charge in [0.05, 0.1) is 6.04 Å². The lowest BCUT2D eigenvalue weighted by atomic mass is 10.00. The van der Waals surface area contributed by atoms with Crippen LogP contribution in [0.3, 0.4) is 0 Å². The summed E-state index contributed by atoms with van der Waals surface area (Å²) in [5, 5.41) is 11.0. The smallest absolute Gasteiger partial charge is 0.405 e. The van der Waals surface area contributed by atoms with Crippen molar-refractivity contribution < 1.29 is 14.7 Å². The van der Waals surface area contributed by atoms with E-state index in [1.165, 1.54) is 0 Å². The molecule has 1 aromatic carbocycles. The molecule has 0 aliphatic carbocycles. The third-order valence-electron chi connectivity index (χ3n) is 2.75. The van der Waals surface area contributed by atoms with Gasteiger partial charge in [-0.1, -0.05) is 50.1 Å². The van der Waals surface area contributed by atoms with Crippen molar-refractivity contribution >= 4 is 11.9 Å². The Hall–Kier alpha value is -1.84. The normalized spacial score (nSPS) is 11.8.